The number of thiocarbonyl (C=S) groups is 1. The normalized spacial score (nSPS) is 11.9. The third-order valence-electron chi connectivity index (χ3n) is 1.87. The predicted molar refractivity (Wildman–Crippen MR) is 68.8 cm³/mol. The highest BCUT2D eigenvalue weighted by Crippen LogP contribution is 2.24. The highest BCUT2D eigenvalue weighted by Gasteiger charge is 2.07. The Morgan fingerprint density at radius 3 is 2.81 bits per heavy atom. The molecule has 0 bridgehead atoms. The molecule has 88 valence electrons. The van der Waals surface area contributed by atoms with E-state index in [-0.39, 0.29) is 11.2 Å². The quantitative estimate of drug-likeness (QED) is 0.768. The van der Waals surface area contributed by atoms with Crippen molar-refractivity contribution in [2.45, 2.75) is 13.0 Å². The van der Waals surface area contributed by atoms with Crippen molar-refractivity contribution in [1.82, 2.24) is 0 Å². The monoisotopic (exact) mass is 240 g/mol. The van der Waals surface area contributed by atoms with Gasteiger partial charge in [-0.3, -0.25) is 0 Å². The van der Waals surface area contributed by atoms with Gasteiger partial charge in [-0.15, -0.1) is 0 Å². The molecule has 1 unspecified atom stereocenters. The molecule has 0 fully saturated rings. The summed E-state index contributed by atoms with van der Waals surface area (Å²) in [7, 11) is 1.64. The Hall–Kier alpha value is -1.33. The second kappa shape index (κ2) is 6.30. The van der Waals surface area contributed by atoms with Crippen molar-refractivity contribution in [3.63, 3.8) is 0 Å². The van der Waals surface area contributed by atoms with Crippen LogP contribution >= 0.6 is 12.2 Å². The molecule has 0 aliphatic carbocycles. The predicted octanol–water partition coefficient (Wildman–Crippen LogP) is 1.76. The Morgan fingerprint density at radius 2 is 2.19 bits per heavy atom. The maximum atomic E-state index is 5.68. The van der Waals surface area contributed by atoms with Gasteiger partial charge in [0.25, 0.3) is 0 Å². The van der Waals surface area contributed by atoms with Crippen molar-refractivity contribution >= 4 is 23.0 Å². The number of rotatable bonds is 5. The van der Waals surface area contributed by atoms with Gasteiger partial charge in [0, 0.05) is 7.11 Å². The topological polar surface area (TPSA) is 56.5 Å². The van der Waals surface area contributed by atoms with Gasteiger partial charge in [0.2, 0.25) is 0 Å². The molecule has 1 atom stereocenters. The van der Waals surface area contributed by atoms with Crippen LogP contribution in [0.5, 0.6) is 5.75 Å². The summed E-state index contributed by atoms with van der Waals surface area (Å²) in [4.78, 5) is 0. The number of para-hydroxylation sites is 2. The maximum Gasteiger partial charge on any atom is 0.168 e. The van der Waals surface area contributed by atoms with Crippen LogP contribution in [-0.2, 0) is 4.74 Å². The smallest absolute Gasteiger partial charge is 0.168 e. The Balaban J connectivity index is 2.74. The fourth-order valence-electron chi connectivity index (χ4n) is 1.29. The van der Waals surface area contributed by atoms with Crippen molar-refractivity contribution in [2.24, 2.45) is 5.73 Å². The first-order valence-electron chi connectivity index (χ1n) is 4.94. The molecule has 1 rings (SSSR count). The molecule has 16 heavy (non-hydrogen) atoms. The lowest BCUT2D eigenvalue weighted by molar-refractivity contribution is 0.0926. The molecule has 0 heterocycles. The summed E-state index contributed by atoms with van der Waals surface area (Å²) in [6.45, 7) is 2.46. The third kappa shape index (κ3) is 4.04. The molecule has 1 aromatic rings. The van der Waals surface area contributed by atoms with Gasteiger partial charge in [-0.2, -0.15) is 0 Å². The Labute approximate surface area is 101 Å². The van der Waals surface area contributed by atoms with Gasteiger partial charge in [-0.05, 0) is 31.3 Å². The van der Waals surface area contributed by atoms with E-state index in [9.17, 15) is 0 Å². The van der Waals surface area contributed by atoms with Crippen LogP contribution < -0.4 is 15.8 Å². The van der Waals surface area contributed by atoms with Crippen LogP contribution in [0.4, 0.5) is 5.69 Å². The SMILES string of the molecule is COCC(C)Oc1ccccc1NC(N)=S. The van der Waals surface area contributed by atoms with Gasteiger partial charge in [0.1, 0.15) is 11.9 Å². The van der Waals surface area contributed by atoms with Gasteiger partial charge in [0.05, 0.1) is 12.3 Å². The third-order valence-corrected chi connectivity index (χ3v) is 1.98. The average molecular weight is 240 g/mol. The zero-order valence-corrected chi connectivity index (χ0v) is 10.2. The van der Waals surface area contributed by atoms with E-state index in [0.29, 0.717) is 12.4 Å². The highest BCUT2D eigenvalue weighted by molar-refractivity contribution is 7.80. The fraction of sp³-hybridized carbons (Fsp3) is 0.364. The molecule has 3 N–H and O–H groups in total. The number of hydrogen-bond acceptors (Lipinski definition) is 3. The maximum absolute atomic E-state index is 5.68. The van der Waals surface area contributed by atoms with Crippen molar-refractivity contribution in [3.8, 4) is 5.75 Å². The van der Waals surface area contributed by atoms with Crippen LogP contribution in [0.1, 0.15) is 6.92 Å². The lowest BCUT2D eigenvalue weighted by atomic mass is 10.3. The van der Waals surface area contributed by atoms with Crippen LogP contribution in [0, 0.1) is 0 Å². The van der Waals surface area contributed by atoms with Crippen LogP contribution in [0.15, 0.2) is 24.3 Å². The minimum absolute atomic E-state index is 0.0284. The number of benzene rings is 1. The second-order valence-electron chi connectivity index (χ2n) is 3.37. The number of nitrogens with one attached hydrogen (secondary N) is 1. The van der Waals surface area contributed by atoms with Crippen LogP contribution in [0.25, 0.3) is 0 Å². The molecule has 0 spiro atoms. The van der Waals surface area contributed by atoms with Crippen molar-refractivity contribution < 1.29 is 9.47 Å². The molecule has 0 saturated carbocycles. The number of methoxy groups -OCH3 is 1. The lowest BCUT2D eigenvalue weighted by Crippen LogP contribution is -2.22. The van der Waals surface area contributed by atoms with E-state index in [4.69, 9.17) is 27.4 Å². The number of nitrogens with two attached hydrogens (primary N) is 1. The zero-order chi connectivity index (χ0) is 12.0. The summed E-state index contributed by atoms with van der Waals surface area (Å²) in [6.07, 6.45) is -0.0284. The molecular formula is C11H16N2O2S. The first kappa shape index (κ1) is 12.7. The number of anilines is 1. The van der Waals surface area contributed by atoms with Crippen molar-refractivity contribution in [2.75, 3.05) is 19.0 Å². The zero-order valence-electron chi connectivity index (χ0n) is 9.40. The minimum Gasteiger partial charge on any atom is -0.486 e. The fourth-order valence-corrected chi connectivity index (χ4v) is 1.40. The summed E-state index contributed by atoms with van der Waals surface area (Å²) >= 11 is 4.79. The van der Waals surface area contributed by atoms with Crippen molar-refractivity contribution in [1.29, 1.82) is 0 Å². The Bertz CT molecular complexity index is 358. The first-order valence-corrected chi connectivity index (χ1v) is 5.35. The Morgan fingerprint density at radius 1 is 1.50 bits per heavy atom. The van der Waals surface area contributed by atoms with E-state index >= 15 is 0 Å². The molecule has 0 amide bonds. The molecule has 0 radical (unpaired) electrons. The molecule has 0 aliphatic rings. The van der Waals surface area contributed by atoms with Gasteiger partial charge in [-0.1, -0.05) is 12.1 Å². The molecule has 0 aliphatic heterocycles. The molecular weight excluding hydrogens is 224 g/mol. The van der Waals surface area contributed by atoms with Gasteiger partial charge >= 0.3 is 0 Å². The summed E-state index contributed by atoms with van der Waals surface area (Å²) in [5.74, 6) is 0.708. The molecule has 5 heteroatoms. The summed E-state index contributed by atoms with van der Waals surface area (Å²) in [6, 6.07) is 7.48. The standard InChI is InChI=1S/C11H16N2O2S/c1-8(7-14-2)15-10-6-4-3-5-9(10)13-11(12)16/h3-6,8H,7H2,1-2H3,(H3,12,13,16). The number of ether oxygens (including phenoxy) is 2. The van der Waals surface area contributed by atoms with Crippen molar-refractivity contribution in [3.05, 3.63) is 24.3 Å². The first-order chi connectivity index (χ1) is 7.63. The van der Waals surface area contributed by atoms with Crippen LogP contribution in [-0.4, -0.2) is 24.9 Å². The van der Waals surface area contributed by atoms with E-state index in [1.165, 1.54) is 0 Å². The second-order valence-corrected chi connectivity index (χ2v) is 3.81. The number of hydrogen-bond donors (Lipinski definition) is 2. The molecule has 4 nitrogen and oxygen atoms in total. The molecule has 1 aromatic carbocycles. The largest absolute Gasteiger partial charge is 0.486 e. The van der Waals surface area contributed by atoms with E-state index < -0.39 is 0 Å². The van der Waals surface area contributed by atoms with Gasteiger partial charge < -0.3 is 20.5 Å². The summed E-state index contributed by atoms with van der Waals surface area (Å²) in [5, 5.41) is 3.08. The van der Waals surface area contributed by atoms with E-state index in [1.54, 1.807) is 7.11 Å². The van der Waals surface area contributed by atoms with E-state index in [0.717, 1.165) is 5.69 Å². The Kier molecular flexibility index (Phi) is 5.01. The summed E-state index contributed by atoms with van der Waals surface area (Å²) in [5.41, 5.74) is 6.18. The summed E-state index contributed by atoms with van der Waals surface area (Å²) < 4.78 is 10.7. The average Bonchev–Trinajstić information content (AvgIpc) is 2.20. The van der Waals surface area contributed by atoms with Crippen LogP contribution in [0.2, 0.25) is 0 Å². The molecule has 0 aromatic heterocycles. The van der Waals surface area contributed by atoms with Gasteiger partial charge in [0.15, 0.2) is 5.11 Å². The highest BCUT2D eigenvalue weighted by atomic mass is 32.1. The lowest BCUT2D eigenvalue weighted by Gasteiger charge is -2.17. The van der Waals surface area contributed by atoms with Crippen LogP contribution in [0.3, 0.4) is 0 Å². The van der Waals surface area contributed by atoms with E-state index in [1.807, 2.05) is 31.2 Å². The molecule has 0 saturated heterocycles. The van der Waals surface area contributed by atoms with E-state index in [2.05, 4.69) is 5.32 Å². The van der Waals surface area contributed by atoms with Gasteiger partial charge in [-0.25, -0.2) is 0 Å². The minimum atomic E-state index is -0.0284.